The highest BCUT2D eigenvalue weighted by molar-refractivity contribution is 5.87. The van der Waals surface area contributed by atoms with Gasteiger partial charge < -0.3 is 58.7 Å². The highest BCUT2D eigenvalue weighted by Crippen LogP contribution is 2.17. The number of hydrogen-bond acceptors (Lipinski definition) is 15. The van der Waals surface area contributed by atoms with E-state index in [-0.39, 0.29) is 23.0 Å². The Bertz CT molecular complexity index is 917. The van der Waals surface area contributed by atoms with Gasteiger partial charge in [0, 0.05) is 16.7 Å². The fourth-order valence-electron chi connectivity index (χ4n) is 2.81. The minimum absolute atomic E-state index is 0.0786. The number of aliphatic hydroxyl groups is 5. The lowest BCUT2D eigenvalue weighted by molar-refractivity contribution is -0.194. The Morgan fingerprint density at radius 1 is 0.619 bits per heavy atom. The minimum Gasteiger partial charge on any atom is -0.460 e. The minimum atomic E-state index is -1.73. The molecule has 3 unspecified atom stereocenters. The first-order valence-electron chi connectivity index (χ1n) is 12.8. The molecule has 0 bridgehead atoms. The van der Waals surface area contributed by atoms with Crippen LogP contribution in [0.15, 0.2) is 36.5 Å². The van der Waals surface area contributed by atoms with Crippen molar-refractivity contribution in [1.29, 1.82) is 0 Å². The molecule has 0 amide bonds. The molecule has 0 saturated carbocycles. The van der Waals surface area contributed by atoms with Crippen LogP contribution in [0.2, 0.25) is 0 Å². The summed E-state index contributed by atoms with van der Waals surface area (Å²) in [6.45, 7) is 10.2. The number of esters is 3. The second kappa shape index (κ2) is 20.8. The molecule has 0 aromatic carbocycles. The lowest BCUT2D eigenvalue weighted by Crippen LogP contribution is -2.52. The number of carbonyl (C=O) groups excluding carboxylic acids is 4. The Morgan fingerprint density at radius 2 is 0.952 bits per heavy atom. The van der Waals surface area contributed by atoms with Crippen LogP contribution >= 0.6 is 0 Å². The molecule has 0 fully saturated rings. The molecule has 5 N–H and O–H groups in total. The van der Waals surface area contributed by atoms with E-state index >= 15 is 0 Å². The van der Waals surface area contributed by atoms with Gasteiger partial charge >= 0.3 is 17.9 Å². The Balaban J connectivity index is 5.70. The summed E-state index contributed by atoms with van der Waals surface area (Å²) < 4.78 is 31.0. The molecule has 0 rings (SSSR count). The van der Waals surface area contributed by atoms with Gasteiger partial charge in [0.15, 0.2) is 6.29 Å². The van der Waals surface area contributed by atoms with E-state index in [2.05, 4.69) is 19.7 Å². The van der Waals surface area contributed by atoms with E-state index in [1.807, 2.05) is 0 Å². The molecule has 0 saturated heterocycles. The van der Waals surface area contributed by atoms with Crippen LogP contribution in [0.3, 0.4) is 0 Å². The fraction of sp³-hybridized carbons (Fsp3) is 0.630. The van der Waals surface area contributed by atoms with E-state index in [1.165, 1.54) is 20.8 Å². The van der Waals surface area contributed by atoms with Crippen LogP contribution in [-0.4, -0.2) is 139 Å². The summed E-state index contributed by atoms with van der Waals surface area (Å²) >= 11 is 0. The molecular weight excluding hydrogens is 564 g/mol. The summed E-state index contributed by atoms with van der Waals surface area (Å²) in [5.41, 5.74) is 0.250. The van der Waals surface area contributed by atoms with E-state index in [1.54, 1.807) is 0 Å². The molecule has 15 nitrogen and oxygen atoms in total. The standard InChI is InChI=1S/C27H42O15/c1-15(2)25(34)40-12-18(30)9-37-22(8-29)24(39-11-20(32)14-42-27(36)17(5)6)23(21(33)7-28)38-10-19(31)13-41-26(35)16(3)4/h8,18-24,28,30-33H,1,3,5,7,9-14H2,2,4,6H3/t18?,19?,20?,21-,22-,23-,24-/m1/s1. The van der Waals surface area contributed by atoms with E-state index in [9.17, 15) is 44.7 Å². The second-order valence-electron chi connectivity index (χ2n) is 9.38. The van der Waals surface area contributed by atoms with Crippen LogP contribution in [0, 0.1) is 0 Å². The second-order valence-corrected chi connectivity index (χ2v) is 9.38. The predicted octanol–water partition coefficient (Wildman–Crippen LogP) is -1.87. The smallest absolute Gasteiger partial charge is 0.333 e. The van der Waals surface area contributed by atoms with Gasteiger partial charge in [-0.3, -0.25) is 0 Å². The van der Waals surface area contributed by atoms with Gasteiger partial charge in [-0.05, 0) is 20.8 Å². The zero-order chi connectivity index (χ0) is 32.4. The first-order chi connectivity index (χ1) is 19.6. The molecule has 0 aliphatic rings. The van der Waals surface area contributed by atoms with Gasteiger partial charge in [-0.1, -0.05) is 19.7 Å². The fourth-order valence-corrected chi connectivity index (χ4v) is 2.81. The highest BCUT2D eigenvalue weighted by Gasteiger charge is 2.38. The van der Waals surface area contributed by atoms with Crippen LogP contribution in [0.25, 0.3) is 0 Å². The van der Waals surface area contributed by atoms with Crippen molar-refractivity contribution in [1.82, 2.24) is 0 Å². The van der Waals surface area contributed by atoms with Crippen LogP contribution in [0.5, 0.6) is 0 Å². The van der Waals surface area contributed by atoms with Crippen molar-refractivity contribution in [3.63, 3.8) is 0 Å². The monoisotopic (exact) mass is 606 g/mol. The van der Waals surface area contributed by atoms with Gasteiger partial charge in [0.1, 0.15) is 62.5 Å². The summed E-state index contributed by atoms with van der Waals surface area (Å²) in [6, 6.07) is 0. The van der Waals surface area contributed by atoms with E-state index in [4.69, 9.17) is 28.4 Å². The Kier molecular flexibility index (Phi) is 19.3. The Morgan fingerprint density at radius 3 is 1.26 bits per heavy atom. The van der Waals surface area contributed by atoms with Crippen molar-refractivity contribution in [3.05, 3.63) is 36.5 Å². The van der Waals surface area contributed by atoms with Gasteiger partial charge in [-0.25, -0.2) is 14.4 Å². The Labute approximate surface area is 243 Å². The molecular formula is C27H42O15. The average molecular weight is 607 g/mol. The number of aliphatic hydroxyl groups excluding tert-OH is 5. The number of ether oxygens (including phenoxy) is 6. The number of hydrogen-bond donors (Lipinski definition) is 5. The predicted molar refractivity (Wildman–Crippen MR) is 144 cm³/mol. The maximum atomic E-state index is 12.0. The maximum absolute atomic E-state index is 12.0. The number of carbonyl (C=O) groups is 4. The van der Waals surface area contributed by atoms with Crippen LogP contribution < -0.4 is 0 Å². The largest absolute Gasteiger partial charge is 0.460 e. The molecule has 240 valence electrons. The Hall–Kier alpha value is -3.02. The van der Waals surface area contributed by atoms with Gasteiger partial charge in [0.05, 0.1) is 26.4 Å². The molecule has 7 atom stereocenters. The molecule has 15 heteroatoms. The molecule has 0 aromatic rings. The van der Waals surface area contributed by atoms with Gasteiger partial charge in [-0.2, -0.15) is 0 Å². The first kappa shape index (κ1) is 39.0. The summed E-state index contributed by atoms with van der Waals surface area (Å²) in [7, 11) is 0. The SMILES string of the molecule is C=C(C)C(=O)OCC(O)CO[C@@H]([C@H](OCC(O)COC(=O)C(=C)C)[C@@H](C=O)OCC(O)COC(=O)C(=C)C)[C@H](O)CO. The van der Waals surface area contributed by atoms with Crippen molar-refractivity contribution in [3.8, 4) is 0 Å². The van der Waals surface area contributed by atoms with Crippen LogP contribution in [0.4, 0.5) is 0 Å². The summed E-state index contributed by atoms with van der Waals surface area (Å²) in [4.78, 5) is 46.7. The zero-order valence-corrected chi connectivity index (χ0v) is 24.0. The topological polar surface area (TPSA) is 225 Å². The lowest BCUT2D eigenvalue weighted by Gasteiger charge is -2.34. The number of aldehydes is 1. The van der Waals surface area contributed by atoms with Gasteiger partial charge in [0.25, 0.3) is 0 Å². The third-order valence-electron chi connectivity index (χ3n) is 5.06. The van der Waals surface area contributed by atoms with Crippen molar-refractivity contribution in [2.24, 2.45) is 0 Å². The zero-order valence-electron chi connectivity index (χ0n) is 24.0. The third-order valence-corrected chi connectivity index (χ3v) is 5.06. The molecule has 0 heterocycles. The molecule has 0 spiro atoms. The van der Waals surface area contributed by atoms with Crippen LogP contribution in [-0.2, 0) is 47.6 Å². The van der Waals surface area contributed by atoms with Crippen molar-refractivity contribution in [2.75, 3.05) is 46.2 Å². The van der Waals surface area contributed by atoms with Crippen molar-refractivity contribution < 1.29 is 73.1 Å². The quantitative estimate of drug-likeness (QED) is 0.0372. The van der Waals surface area contributed by atoms with Crippen LogP contribution in [0.1, 0.15) is 20.8 Å². The third kappa shape index (κ3) is 15.8. The lowest BCUT2D eigenvalue weighted by atomic mass is 10.0. The van der Waals surface area contributed by atoms with E-state index in [0.717, 1.165) is 0 Å². The molecule has 0 aromatic heterocycles. The molecule has 0 aliphatic carbocycles. The molecule has 0 radical (unpaired) electrons. The van der Waals surface area contributed by atoms with Crippen molar-refractivity contribution in [2.45, 2.75) is 63.5 Å². The summed E-state index contributed by atoms with van der Waals surface area (Å²) in [5.74, 6) is -2.32. The first-order valence-corrected chi connectivity index (χ1v) is 12.8. The molecule has 0 aliphatic heterocycles. The molecule has 42 heavy (non-hydrogen) atoms. The summed E-state index contributed by atoms with van der Waals surface area (Å²) in [5, 5.41) is 50.6. The normalized spacial score (nSPS) is 16.1. The van der Waals surface area contributed by atoms with Gasteiger partial charge in [0.2, 0.25) is 0 Å². The highest BCUT2D eigenvalue weighted by atomic mass is 16.6. The van der Waals surface area contributed by atoms with Gasteiger partial charge in [-0.15, -0.1) is 0 Å². The maximum Gasteiger partial charge on any atom is 0.333 e. The van der Waals surface area contributed by atoms with Crippen molar-refractivity contribution >= 4 is 24.2 Å². The average Bonchev–Trinajstić information content (AvgIpc) is 2.94. The number of rotatable bonds is 23. The van der Waals surface area contributed by atoms with E-state index in [0.29, 0.717) is 0 Å². The summed E-state index contributed by atoms with van der Waals surface area (Å²) in [6.07, 6.45) is -10.6. The van der Waals surface area contributed by atoms with E-state index < -0.39 is 107 Å².